The van der Waals surface area contributed by atoms with Gasteiger partial charge in [0.05, 0.1) is 24.3 Å². The number of nitrogens with zero attached hydrogens (tertiary/aromatic N) is 4. The van der Waals surface area contributed by atoms with Gasteiger partial charge in [0.25, 0.3) is 5.91 Å². The van der Waals surface area contributed by atoms with Crippen LogP contribution in [0.25, 0.3) is 0 Å². The molecule has 22 heavy (non-hydrogen) atoms. The first-order chi connectivity index (χ1) is 10.5. The summed E-state index contributed by atoms with van der Waals surface area (Å²) < 4.78 is 7.63. The Morgan fingerprint density at radius 2 is 2.14 bits per heavy atom. The predicted molar refractivity (Wildman–Crippen MR) is 84.0 cm³/mol. The van der Waals surface area contributed by atoms with E-state index in [4.69, 9.17) is 4.74 Å². The molecule has 0 aliphatic carbocycles. The lowest BCUT2D eigenvalue weighted by molar-refractivity contribution is -0.121. The summed E-state index contributed by atoms with van der Waals surface area (Å²) in [5.41, 5.74) is 2.11. The second-order valence-corrected chi connectivity index (χ2v) is 6.80. The van der Waals surface area contributed by atoms with Crippen LogP contribution < -0.4 is 0 Å². The van der Waals surface area contributed by atoms with Crippen molar-refractivity contribution < 1.29 is 9.53 Å². The van der Waals surface area contributed by atoms with Crippen molar-refractivity contribution in [2.24, 2.45) is 7.05 Å². The molecule has 0 N–H and O–H groups in total. The molecule has 3 heterocycles. The zero-order valence-corrected chi connectivity index (χ0v) is 14.1. The highest BCUT2D eigenvalue weighted by Gasteiger charge is 2.50. The molecule has 0 atom stereocenters. The zero-order valence-electron chi connectivity index (χ0n) is 13.2. The number of rotatable bonds is 4. The van der Waals surface area contributed by atoms with E-state index in [2.05, 4.69) is 23.8 Å². The Morgan fingerprint density at radius 3 is 2.68 bits per heavy atom. The van der Waals surface area contributed by atoms with Gasteiger partial charge < -0.3 is 14.2 Å². The second kappa shape index (κ2) is 5.48. The third kappa shape index (κ3) is 2.24. The summed E-state index contributed by atoms with van der Waals surface area (Å²) in [4.78, 5) is 23.9. The number of ether oxygens (including phenoxy) is 1. The van der Waals surface area contributed by atoms with Crippen LogP contribution in [0.1, 0.15) is 41.0 Å². The van der Waals surface area contributed by atoms with Crippen LogP contribution in [-0.4, -0.2) is 45.5 Å². The van der Waals surface area contributed by atoms with Crippen molar-refractivity contribution in [1.82, 2.24) is 19.4 Å². The molecule has 1 saturated heterocycles. The Kier molecular flexibility index (Phi) is 3.78. The monoisotopic (exact) mass is 320 g/mol. The average Bonchev–Trinajstić information content (AvgIpc) is 3.07. The van der Waals surface area contributed by atoms with E-state index in [0.29, 0.717) is 13.1 Å². The van der Waals surface area contributed by atoms with E-state index in [1.54, 1.807) is 23.7 Å². The number of imidazole rings is 1. The molecule has 7 heteroatoms. The molecular formula is C15H20N4O2S. The fraction of sp³-hybridized carbons (Fsp3) is 0.533. The van der Waals surface area contributed by atoms with E-state index in [1.165, 1.54) is 11.3 Å². The van der Waals surface area contributed by atoms with E-state index in [9.17, 15) is 4.79 Å². The van der Waals surface area contributed by atoms with Gasteiger partial charge in [-0.2, -0.15) is 0 Å². The molecule has 0 unspecified atom stereocenters. The highest BCUT2D eigenvalue weighted by molar-refractivity contribution is 7.11. The lowest BCUT2D eigenvalue weighted by atomic mass is 9.92. The Bertz CT molecular complexity index is 685. The van der Waals surface area contributed by atoms with Gasteiger partial charge in [0.15, 0.2) is 5.60 Å². The summed E-state index contributed by atoms with van der Waals surface area (Å²) in [5.74, 6) is 1.13. The molecule has 1 fully saturated rings. The number of thiazole rings is 1. The van der Waals surface area contributed by atoms with E-state index < -0.39 is 5.60 Å². The number of amides is 1. The molecule has 0 saturated carbocycles. The highest BCUT2D eigenvalue weighted by atomic mass is 32.1. The van der Waals surface area contributed by atoms with E-state index in [1.807, 2.05) is 17.8 Å². The number of aryl methyl sites for hydroxylation is 1. The summed E-state index contributed by atoms with van der Waals surface area (Å²) in [5, 5.41) is 0. The van der Waals surface area contributed by atoms with Crippen molar-refractivity contribution in [2.75, 3.05) is 20.2 Å². The molecule has 2 aromatic heterocycles. The molecule has 1 aliphatic heterocycles. The maximum atomic E-state index is 12.7. The maximum Gasteiger partial charge on any atom is 0.266 e. The van der Waals surface area contributed by atoms with E-state index >= 15 is 0 Å². The molecule has 3 rings (SSSR count). The fourth-order valence-electron chi connectivity index (χ4n) is 2.85. The molecule has 1 aliphatic rings. The highest BCUT2D eigenvalue weighted by Crippen LogP contribution is 2.36. The number of methoxy groups -OCH3 is 1. The number of hydrogen-bond acceptors (Lipinski definition) is 5. The number of carbonyl (C=O) groups excluding carboxylic acids is 1. The largest absolute Gasteiger partial charge is 0.367 e. The molecule has 0 aromatic carbocycles. The SMILES string of the molecule is COC1(c2nccn2C)CN(C(=O)c2scnc2C(C)C)C1. The first-order valence-electron chi connectivity index (χ1n) is 7.24. The van der Waals surface area contributed by atoms with Crippen LogP contribution in [-0.2, 0) is 17.4 Å². The summed E-state index contributed by atoms with van der Waals surface area (Å²) in [6.07, 6.45) is 3.64. The Labute approximate surface area is 133 Å². The second-order valence-electron chi connectivity index (χ2n) is 5.94. The molecule has 1 amide bonds. The minimum Gasteiger partial charge on any atom is -0.367 e. The third-order valence-electron chi connectivity index (χ3n) is 4.14. The fourth-order valence-corrected chi connectivity index (χ4v) is 3.76. The molecule has 0 bridgehead atoms. The van der Waals surface area contributed by atoms with E-state index in [-0.39, 0.29) is 11.8 Å². The molecular weight excluding hydrogens is 300 g/mol. The predicted octanol–water partition coefficient (Wildman–Crippen LogP) is 2.00. The minimum absolute atomic E-state index is 0.0353. The van der Waals surface area contributed by atoms with Gasteiger partial charge in [-0.3, -0.25) is 4.79 Å². The number of carbonyl (C=O) groups is 1. The quantitative estimate of drug-likeness (QED) is 0.864. The van der Waals surface area contributed by atoms with Gasteiger partial charge in [0.2, 0.25) is 0 Å². The zero-order chi connectivity index (χ0) is 15.9. The van der Waals surface area contributed by atoms with Crippen LogP contribution in [0.5, 0.6) is 0 Å². The topological polar surface area (TPSA) is 60.2 Å². The number of likely N-dealkylation sites (tertiary alicyclic amines) is 1. The van der Waals surface area contributed by atoms with Crippen molar-refractivity contribution in [3.8, 4) is 0 Å². The van der Waals surface area contributed by atoms with Crippen LogP contribution in [0.3, 0.4) is 0 Å². The van der Waals surface area contributed by atoms with Crippen molar-refractivity contribution in [3.05, 3.63) is 34.3 Å². The Balaban J connectivity index is 1.79. The first-order valence-corrected chi connectivity index (χ1v) is 8.12. The standard InChI is InChI=1S/C15H20N4O2S/c1-10(2)11-12(22-9-17-11)13(20)19-7-15(8-19,21-4)14-16-5-6-18(14)3/h5-6,9-10H,7-8H2,1-4H3. The maximum absolute atomic E-state index is 12.7. The Morgan fingerprint density at radius 1 is 1.41 bits per heavy atom. The molecule has 2 aromatic rings. The van der Waals surface area contributed by atoms with E-state index in [0.717, 1.165) is 16.4 Å². The summed E-state index contributed by atoms with van der Waals surface area (Å²) in [6.45, 7) is 5.13. The van der Waals surface area contributed by atoms with Crippen LogP contribution in [0.15, 0.2) is 17.9 Å². The van der Waals surface area contributed by atoms with Gasteiger partial charge in [-0.15, -0.1) is 11.3 Å². The van der Waals surface area contributed by atoms with Gasteiger partial charge >= 0.3 is 0 Å². The summed E-state index contributed by atoms with van der Waals surface area (Å²) in [7, 11) is 3.61. The van der Waals surface area contributed by atoms with Crippen molar-refractivity contribution >= 4 is 17.2 Å². The summed E-state index contributed by atoms with van der Waals surface area (Å²) in [6, 6.07) is 0. The van der Waals surface area contributed by atoms with Crippen LogP contribution in [0, 0.1) is 0 Å². The van der Waals surface area contributed by atoms with Crippen LogP contribution >= 0.6 is 11.3 Å². The van der Waals surface area contributed by atoms with Gasteiger partial charge in [0, 0.05) is 26.6 Å². The first kappa shape index (κ1) is 15.2. The van der Waals surface area contributed by atoms with Gasteiger partial charge in [0.1, 0.15) is 10.7 Å². The minimum atomic E-state index is -0.503. The van der Waals surface area contributed by atoms with Gasteiger partial charge in [-0.05, 0) is 5.92 Å². The number of hydrogen-bond donors (Lipinski definition) is 0. The van der Waals surface area contributed by atoms with Crippen LogP contribution in [0.4, 0.5) is 0 Å². The molecule has 118 valence electrons. The van der Waals surface area contributed by atoms with Gasteiger partial charge in [-0.1, -0.05) is 13.8 Å². The third-order valence-corrected chi connectivity index (χ3v) is 4.97. The lowest BCUT2D eigenvalue weighted by Crippen LogP contribution is -2.63. The molecule has 0 radical (unpaired) electrons. The normalized spacial score (nSPS) is 16.9. The summed E-state index contributed by atoms with van der Waals surface area (Å²) >= 11 is 1.41. The van der Waals surface area contributed by atoms with Crippen molar-refractivity contribution in [1.29, 1.82) is 0 Å². The average molecular weight is 320 g/mol. The number of aromatic nitrogens is 3. The van der Waals surface area contributed by atoms with Crippen molar-refractivity contribution in [2.45, 2.75) is 25.4 Å². The smallest absolute Gasteiger partial charge is 0.266 e. The Hall–Kier alpha value is -1.73. The van der Waals surface area contributed by atoms with Crippen LogP contribution in [0.2, 0.25) is 0 Å². The van der Waals surface area contributed by atoms with Gasteiger partial charge in [-0.25, -0.2) is 9.97 Å². The van der Waals surface area contributed by atoms with Crippen molar-refractivity contribution in [3.63, 3.8) is 0 Å². The lowest BCUT2D eigenvalue weighted by Gasteiger charge is -2.48. The molecule has 0 spiro atoms. The molecule has 6 nitrogen and oxygen atoms in total.